The van der Waals surface area contributed by atoms with Crippen molar-refractivity contribution in [3.63, 3.8) is 0 Å². The topological polar surface area (TPSA) is 141 Å². The van der Waals surface area contributed by atoms with E-state index in [1.54, 1.807) is 6.07 Å². The Hall–Kier alpha value is -4.04. The second-order valence-electron chi connectivity index (χ2n) is 7.85. The fourth-order valence-corrected chi connectivity index (χ4v) is 4.14. The van der Waals surface area contributed by atoms with E-state index in [1.165, 1.54) is 30.7 Å². The molecule has 1 aliphatic heterocycles. The quantitative estimate of drug-likeness (QED) is 0.361. The maximum atomic E-state index is 13.9. The minimum absolute atomic E-state index is 0.0198. The minimum atomic E-state index is -4.66. The number of nitrogens with one attached hydrogen (secondary N) is 3. The van der Waals surface area contributed by atoms with E-state index in [9.17, 15) is 18.4 Å². The Morgan fingerprint density at radius 2 is 2.12 bits per heavy atom. The molecule has 11 heteroatoms. The first kappa shape index (κ1) is 23.1. The highest BCUT2D eigenvalue weighted by atomic mass is 19.4. The number of rotatable bonds is 5. The van der Waals surface area contributed by atoms with Gasteiger partial charge < -0.3 is 27.1 Å². The van der Waals surface area contributed by atoms with E-state index in [2.05, 4.69) is 31.7 Å². The van der Waals surface area contributed by atoms with E-state index < -0.39 is 11.7 Å². The fraction of sp³-hybridized carbons (Fsp3) is 0.261. The van der Waals surface area contributed by atoms with Gasteiger partial charge in [-0.2, -0.15) is 18.4 Å². The van der Waals surface area contributed by atoms with Crippen LogP contribution in [0.1, 0.15) is 29.5 Å². The van der Waals surface area contributed by atoms with Gasteiger partial charge in [0.1, 0.15) is 5.56 Å². The second kappa shape index (κ2) is 9.44. The van der Waals surface area contributed by atoms with Crippen molar-refractivity contribution in [2.45, 2.75) is 25.1 Å². The first-order valence-electron chi connectivity index (χ1n) is 10.6. The Bertz CT molecular complexity index is 1290. The normalized spacial score (nSPS) is 17.2. The average molecular weight is 468 g/mol. The summed E-state index contributed by atoms with van der Waals surface area (Å²) in [4.78, 5) is 11.2. The number of allylic oxidation sites excluding steroid dienone is 2. The third-order valence-corrected chi connectivity index (χ3v) is 5.70. The molecule has 0 spiro atoms. The number of fused-ring (bicyclic) bond motifs is 1. The van der Waals surface area contributed by atoms with Crippen LogP contribution in [0.5, 0.6) is 0 Å². The number of H-pyrrole nitrogens is 1. The standard InChI is InChI=1S/C23H23F3N8/c24-23(25,26)18-12-32-22(33-15-2-1-7-30-10-15)34-20(18)17-11-31-21-16(17)4-3-13(8-28)19(21)14(9-29)5-6-27/h3-6,9,11-12,15,30-31H,1-2,7,10,27,29H2,(H,32,33,34)/b6-5-,14-9+/t15-/m0/s1. The average Bonchev–Trinajstić information content (AvgIpc) is 3.26. The monoisotopic (exact) mass is 468 g/mol. The van der Waals surface area contributed by atoms with E-state index in [4.69, 9.17) is 11.5 Å². The van der Waals surface area contributed by atoms with Gasteiger partial charge in [-0.15, -0.1) is 0 Å². The summed E-state index contributed by atoms with van der Waals surface area (Å²) >= 11 is 0. The van der Waals surface area contributed by atoms with Crippen LogP contribution >= 0.6 is 0 Å². The third kappa shape index (κ3) is 4.40. The van der Waals surface area contributed by atoms with Gasteiger partial charge in [0.25, 0.3) is 0 Å². The van der Waals surface area contributed by atoms with Crippen LogP contribution in [0.2, 0.25) is 0 Å². The minimum Gasteiger partial charge on any atom is -0.405 e. The molecule has 0 amide bonds. The van der Waals surface area contributed by atoms with Crippen molar-refractivity contribution in [3.05, 3.63) is 59.7 Å². The van der Waals surface area contributed by atoms with Crippen molar-refractivity contribution in [2.75, 3.05) is 18.4 Å². The Kier molecular flexibility index (Phi) is 6.43. The summed E-state index contributed by atoms with van der Waals surface area (Å²) in [5.41, 5.74) is 11.9. The Balaban J connectivity index is 1.89. The maximum Gasteiger partial charge on any atom is 0.419 e. The molecule has 3 aromatic rings. The predicted octanol–water partition coefficient (Wildman–Crippen LogP) is 3.45. The zero-order valence-electron chi connectivity index (χ0n) is 18.1. The van der Waals surface area contributed by atoms with Crippen LogP contribution < -0.4 is 22.1 Å². The highest BCUT2D eigenvalue weighted by Gasteiger charge is 2.36. The lowest BCUT2D eigenvalue weighted by atomic mass is 9.96. The van der Waals surface area contributed by atoms with Crippen LogP contribution in [0.15, 0.2) is 43.0 Å². The molecule has 34 heavy (non-hydrogen) atoms. The van der Waals surface area contributed by atoms with Crippen molar-refractivity contribution in [1.29, 1.82) is 5.26 Å². The highest BCUT2D eigenvalue weighted by Crippen LogP contribution is 2.40. The molecule has 0 saturated carbocycles. The van der Waals surface area contributed by atoms with Crippen molar-refractivity contribution < 1.29 is 13.2 Å². The van der Waals surface area contributed by atoms with Gasteiger partial charge >= 0.3 is 6.18 Å². The van der Waals surface area contributed by atoms with Gasteiger partial charge in [0.15, 0.2) is 0 Å². The first-order valence-corrected chi connectivity index (χ1v) is 10.6. The van der Waals surface area contributed by atoms with Gasteiger partial charge in [-0.25, -0.2) is 9.97 Å². The number of aromatic amines is 1. The van der Waals surface area contributed by atoms with E-state index >= 15 is 0 Å². The van der Waals surface area contributed by atoms with E-state index in [1.807, 2.05) is 0 Å². The van der Waals surface area contributed by atoms with Gasteiger partial charge in [-0.05, 0) is 37.7 Å². The number of halogens is 3. The number of aromatic nitrogens is 3. The van der Waals surface area contributed by atoms with Gasteiger partial charge in [0.2, 0.25) is 5.95 Å². The predicted molar refractivity (Wildman–Crippen MR) is 124 cm³/mol. The third-order valence-electron chi connectivity index (χ3n) is 5.70. The van der Waals surface area contributed by atoms with Crippen LogP contribution in [-0.4, -0.2) is 34.1 Å². The van der Waals surface area contributed by atoms with Gasteiger partial charge in [-0.1, -0.05) is 6.07 Å². The van der Waals surface area contributed by atoms with E-state index in [0.717, 1.165) is 25.6 Å². The number of alkyl halides is 3. The molecule has 1 aromatic carbocycles. The molecule has 2 aromatic heterocycles. The molecule has 3 heterocycles. The summed E-state index contributed by atoms with van der Waals surface area (Å²) in [6, 6.07) is 5.23. The van der Waals surface area contributed by atoms with Crippen LogP contribution in [0.3, 0.4) is 0 Å². The SMILES string of the molecule is N#Cc1ccc2c(-c3nc(N[C@H]4CCCNC4)ncc3C(F)(F)F)c[nH]c2c1C(/C=C\N)=C/N. The van der Waals surface area contributed by atoms with Gasteiger partial charge in [-0.3, -0.25) is 0 Å². The fourth-order valence-electron chi connectivity index (χ4n) is 4.14. The Labute approximate surface area is 193 Å². The highest BCUT2D eigenvalue weighted by molar-refractivity contribution is 6.03. The molecule has 176 valence electrons. The molecule has 0 aliphatic carbocycles. The molecule has 1 aliphatic rings. The second-order valence-corrected chi connectivity index (χ2v) is 7.85. The van der Waals surface area contributed by atoms with Crippen LogP contribution in [0.25, 0.3) is 27.7 Å². The van der Waals surface area contributed by atoms with Crippen LogP contribution in [-0.2, 0) is 6.18 Å². The number of nitrogens with two attached hydrogens (primary N) is 2. The molecule has 8 nitrogen and oxygen atoms in total. The molecular formula is C23H23F3N8. The largest absolute Gasteiger partial charge is 0.419 e. The summed E-state index contributed by atoms with van der Waals surface area (Å²) in [7, 11) is 0. The number of hydrogen-bond donors (Lipinski definition) is 5. The zero-order chi connectivity index (χ0) is 24.3. The zero-order valence-corrected chi connectivity index (χ0v) is 18.1. The van der Waals surface area contributed by atoms with Crippen LogP contribution in [0.4, 0.5) is 19.1 Å². The van der Waals surface area contributed by atoms with Crippen molar-refractivity contribution in [3.8, 4) is 17.3 Å². The van der Waals surface area contributed by atoms with Crippen molar-refractivity contribution in [2.24, 2.45) is 11.5 Å². The maximum absolute atomic E-state index is 13.9. The first-order chi connectivity index (χ1) is 16.4. The molecule has 4 rings (SSSR count). The number of nitriles is 1. The summed E-state index contributed by atoms with van der Waals surface area (Å²) in [5, 5.41) is 16.4. The lowest BCUT2D eigenvalue weighted by Crippen LogP contribution is -2.38. The van der Waals surface area contributed by atoms with Crippen molar-refractivity contribution in [1.82, 2.24) is 20.3 Å². The molecule has 0 bridgehead atoms. The summed E-state index contributed by atoms with van der Waals surface area (Å²) in [6.07, 6.45) is 3.46. The summed E-state index contributed by atoms with van der Waals surface area (Å²) in [6.45, 7) is 1.58. The summed E-state index contributed by atoms with van der Waals surface area (Å²) in [5.74, 6) is 0.119. The molecule has 1 fully saturated rings. The molecule has 7 N–H and O–H groups in total. The number of hydrogen-bond acceptors (Lipinski definition) is 7. The lowest BCUT2D eigenvalue weighted by molar-refractivity contribution is -0.137. The van der Waals surface area contributed by atoms with Gasteiger partial charge in [0, 0.05) is 53.3 Å². The van der Waals surface area contributed by atoms with Crippen molar-refractivity contribution >= 4 is 22.4 Å². The summed E-state index contributed by atoms with van der Waals surface area (Å²) < 4.78 is 41.7. The number of benzene rings is 1. The number of piperidine rings is 1. The molecule has 0 unspecified atom stereocenters. The Morgan fingerprint density at radius 3 is 2.76 bits per heavy atom. The number of anilines is 1. The smallest absolute Gasteiger partial charge is 0.405 e. The number of nitrogens with zero attached hydrogens (tertiary/aromatic N) is 3. The molecule has 1 saturated heterocycles. The lowest BCUT2D eigenvalue weighted by Gasteiger charge is -2.24. The molecule has 0 radical (unpaired) electrons. The van der Waals surface area contributed by atoms with E-state index in [-0.39, 0.29) is 23.2 Å². The molecular weight excluding hydrogens is 445 g/mol. The van der Waals surface area contributed by atoms with E-state index in [0.29, 0.717) is 34.1 Å². The van der Waals surface area contributed by atoms with Crippen LogP contribution in [0, 0.1) is 11.3 Å². The van der Waals surface area contributed by atoms with Gasteiger partial charge in [0.05, 0.1) is 22.8 Å². The Morgan fingerprint density at radius 1 is 1.29 bits per heavy atom. The molecule has 1 atom stereocenters.